The van der Waals surface area contributed by atoms with Crippen molar-refractivity contribution in [1.29, 1.82) is 0 Å². The molecule has 0 bridgehead atoms. The Labute approximate surface area is 114 Å². The number of thiazole rings is 1. The summed E-state index contributed by atoms with van der Waals surface area (Å²) < 4.78 is 45.2. The van der Waals surface area contributed by atoms with Crippen LogP contribution in [-0.4, -0.2) is 20.5 Å². The highest BCUT2D eigenvalue weighted by Gasteiger charge is 2.21. The first kappa shape index (κ1) is 13.8. The molecule has 0 unspecified atom stereocenters. The molecule has 1 N–H and O–H groups in total. The van der Waals surface area contributed by atoms with E-state index in [4.69, 9.17) is 4.74 Å². The Bertz CT molecular complexity index is 684. The molecule has 1 heterocycles. The van der Waals surface area contributed by atoms with Gasteiger partial charge in [-0.2, -0.15) is 0 Å². The molecular weight excluding hydrogens is 291 g/mol. The molecule has 0 amide bonds. The molecule has 2 rings (SSSR count). The van der Waals surface area contributed by atoms with Crippen LogP contribution in [0.15, 0.2) is 28.6 Å². The Morgan fingerprint density at radius 2 is 2.16 bits per heavy atom. The molecule has 5 nitrogen and oxygen atoms in total. The van der Waals surface area contributed by atoms with E-state index in [0.717, 1.165) is 11.3 Å². The Morgan fingerprint density at radius 1 is 1.42 bits per heavy atom. The maximum Gasteiger partial charge on any atom is 0.264 e. The van der Waals surface area contributed by atoms with Crippen molar-refractivity contribution in [3.05, 3.63) is 35.1 Å². The molecule has 0 aliphatic heterocycles. The van der Waals surface area contributed by atoms with E-state index in [1.807, 2.05) is 0 Å². The summed E-state index contributed by atoms with van der Waals surface area (Å²) in [6.45, 7) is 1.38. The predicted octanol–water partition coefficient (Wildman–Crippen LogP) is 2.40. The lowest BCUT2D eigenvalue weighted by Crippen LogP contribution is -2.15. The summed E-state index contributed by atoms with van der Waals surface area (Å²) >= 11 is 1.14. The molecule has 0 spiro atoms. The Balaban J connectivity index is 2.44. The van der Waals surface area contributed by atoms with Crippen LogP contribution in [0.2, 0.25) is 0 Å². The second-order valence-electron chi connectivity index (χ2n) is 3.65. The quantitative estimate of drug-likeness (QED) is 0.941. The highest BCUT2D eigenvalue weighted by Crippen LogP contribution is 2.27. The Morgan fingerprint density at radius 3 is 2.74 bits per heavy atom. The normalized spacial score (nSPS) is 11.3. The number of methoxy groups -OCH3 is 1. The zero-order valence-electron chi connectivity index (χ0n) is 10.2. The summed E-state index contributed by atoms with van der Waals surface area (Å²) in [6, 6.07) is 2.58. The number of hydrogen-bond donors (Lipinski definition) is 1. The first-order valence-electron chi connectivity index (χ1n) is 5.21. The third-order valence-corrected chi connectivity index (χ3v) is 4.77. The average molecular weight is 302 g/mol. The van der Waals surface area contributed by atoms with Crippen molar-refractivity contribution in [3.8, 4) is 5.75 Å². The molecule has 0 saturated carbocycles. The van der Waals surface area contributed by atoms with Gasteiger partial charge in [-0.25, -0.2) is 17.8 Å². The van der Waals surface area contributed by atoms with Gasteiger partial charge in [-0.1, -0.05) is 0 Å². The number of hydrogen-bond acceptors (Lipinski definition) is 5. The molecule has 0 fully saturated rings. The van der Waals surface area contributed by atoms with Crippen LogP contribution < -0.4 is 9.46 Å². The van der Waals surface area contributed by atoms with Crippen LogP contribution in [0.5, 0.6) is 5.75 Å². The highest BCUT2D eigenvalue weighted by atomic mass is 32.2. The van der Waals surface area contributed by atoms with Gasteiger partial charge in [0.25, 0.3) is 10.0 Å². The highest BCUT2D eigenvalue weighted by molar-refractivity contribution is 7.93. The average Bonchev–Trinajstić information content (AvgIpc) is 2.84. The van der Waals surface area contributed by atoms with E-state index < -0.39 is 15.8 Å². The number of aromatic nitrogens is 1. The molecule has 19 heavy (non-hydrogen) atoms. The maximum atomic E-state index is 13.8. The number of halogens is 1. The van der Waals surface area contributed by atoms with Gasteiger partial charge >= 0.3 is 0 Å². The van der Waals surface area contributed by atoms with Gasteiger partial charge in [0.2, 0.25) is 0 Å². The molecule has 0 aliphatic carbocycles. The zero-order valence-corrected chi connectivity index (χ0v) is 11.8. The summed E-state index contributed by atoms with van der Waals surface area (Å²) in [5.74, 6) is -0.685. The van der Waals surface area contributed by atoms with Gasteiger partial charge in [-0.3, -0.25) is 4.72 Å². The van der Waals surface area contributed by atoms with Crippen molar-refractivity contribution in [2.75, 3.05) is 11.8 Å². The second kappa shape index (κ2) is 5.14. The van der Waals surface area contributed by atoms with Gasteiger partial charge < -0.3 is 4.74 Å². The minimum absolute atomic E-state index is 0.00315. The number of nitrogens with one attached hydrogen (secondary N) is 1. The lowest BCUT2D eigenvalue weighted by Gasteiger charge is -2.11. The molecule has 102 valence electrons. The van der Waals surface area contributed by atoms with Crippen LogP contribution >= 0.6 is 11.3 Å². The van der Waals surface area contributed by atoms with Crippen molar-refractivity contribution >= 4 is 26.5 Å². The molecule has 8 heteroatoms. The number of nitrogens with zero attached hydrogens (tertiary/aromatic N) is 1. The van der Waals surface area contributed by atoms with Gasteiger partial charge in [0.1, 0.15) is 0 Å². The van der Waals surface area contributed by atoms with E-state index in [2.05, 4.69) is 9.71 Å². The molecule has 0 saturated heterocycles. The van der Waals surface area contributed by atoms with Crippen LogP contribution in [0.4, 0.5) is 9.52 Å². The molecule has 0 atom stereocenters. The van der Waals surface area contributed by atoms with Crippen LogP contribution in [-0.2, 0) is 10.0 Å². The van der Waals surface area contributed by atoms with Crippen molar-refractivity contribution < 1.29 is 17.5 Å². The largest absolute Gasteiger partial charge is 0.494 e. The topological polar surface area (TPSA) is 68.3 Å². The lowest BCUT2D eigenvalue weighted by molar-refractivity contribution is 0.384. The summed E-state index contributed by atoms with van der Waals surface area (Å²) in [5.41, 5.74) is 0.00315. The molecule has 0 aliphatic rings. The summed E-state index contributed by atoms with van der Waals surface area (Å²) in [4.78, 5) is 3.68. The standard InChI is InChI=1S/C11H11FN2O3S2/c1-7-9(4-3-8(17-2)10(7)12)19(15,16)14-11-13-5-6-18-11/h3-6H,1-2H3,(H,13,14). The van der Waals surface area contributed by atoms with Crippen LogP contribution in [0, 0.1) is 12.7 Å². The number of rotatable bonds is 4. The maximum absolute atomic E-state index is 13.8. The third kappa shape index (κ3) is 2.69. The van der Waals surface area contributed by atoms with E-state index in [9.17, 15) is 12.8 Å². The van der Waals surface area contributed by atoms with Gasteiger partial charge in [-0.15, -0.1) is 11.3 Å². The van der Waals surface area contributed by atoms with E-state index in [0.29, 0.717) is 0 Å². The number of anilines is 1. The lowest BCUT2D eigenvalue weighted by atomic mass is 10.2. The summed E-state index contributed by atoms with van der Waals surface area (Å²) in [5, 5.41) is 1.87. The number of benzene rings is 1. The van der Waals surface area contributed by atoms with Gasteiger partial charge in [-0.05, 0) is 19.1 Å². The minimum Gasteiger partial charge on any atom is -0.494 e. The van der Waals surface area contributed by atoms with E-state index in [-0.39, 0.29) is 21.3 Å². The fraction of sp³-hybridized carbons (Fsp3) is 0.182. The minimum atomic E-state index is -3.86. The second-order valence-corrected chi connectivity index (χ2v) is 6.19. The van der Waals surface area contributed by atoms with E-state index in [1.54, 1.807) is 5.38 Å². The zero-order chi connectivity index (χ0) is 14.0. The summed E-state index contributed by atoms with van der Waals surface area (Å²) in [7, 11) is -2.54. The number of ether oxygens (including phenoxy) is 1. The Kier molecular flexibility index (Phi) is 3.72. The van der Waals surface area contributed by atoms with E-state index >= 15 is 0 Å². The number of sulfonamides is 1. The van der Waals surface area contributed by atoms with Gasteiger partial charge in [0.05, 0.1) is 12.0 Å². The van der Waals surface area contributed by atoms with E-state index in [1.165, 1.54) is 32.4 Å². The summed E-state index contributed by atoms with van der Waals surface area (Å²) in [6.07, 6.45) is 1.48. The molecule has 1 aromatic carbocycles. The third-order valence-electron chi connectivity index (χ3n) is 2.46. The fourth-order valence-corrected chi connectivity index (χ4v) is 3.56. The molecule has 1 aromatic heterocycles. The first-order valence-corrected chi connectivity index (χ1v) is 7.57. The van der Waals surface area contributed by atoms with Crippen LogP contribution in [0.3, 0.4) is 0 Å². The van der Waals surface area contributed by atoms with Crippen molar-refractivity contribution in [2.45, 2.75) is 11.8 Å². The van der Waals surface area contributed by atoms with Crippen molar-refractivity contribution in [3.63, 3.8) is 0 Å². The van der Waals surface area contributed by atoms with Crippen molar-refractivity contribution in [1.82, 2.24) is 4.98 Å². The first-order chi connectivity index (χ1) is 8.95. The van der Waals surface area contributed by atoms with Gasteiger partial charge in [0.15, 0.2) is 16.7 Å². The van der Waals surface area contributed by atoms with Crippen molar-refractivity contribution in [2.24, 2.45) is 0 Å². The van der Waals surface area contributed by atoms with Gasteiger partial charge in [0, 0.05) is 17.1 Å². The molecule has 0 radical (unpaired) electrons. The molecule has 2 aromatic rings. The predicted molar refractivity (Wildman–Crippen MR) is 70.6 cm³/mol. The SMILES string of the molecule is COc1ccc(S(=O)(=O)Nc2nccs2)c(C)c1F. The smallest absolute Gasteiger partial charge is 0.264 e. The Hall–Kier alpha value is -1.67. The fourth-order valence-electron chi connectivity index (χ4n) is 1.54. The molecular formula is C11H11FN2O3S2. The monoisotopic (exact) mass is 302 g/mol. The van der Waals surface area contributed by atoms with Crippen LogP contribution in [0.1, 0.15) is 5.56 Å². The van der Waals surface area contributed by atoms with Crippen LogP contribution in [0.25, 0.3) is 0 Å².